The van der Waals surface area contributed by atoms with E-state index >= 15 is 0 Å². The van der Waals surface area contributed by atoms with Crippen molar-refractivity contribution in [3.8, 4) is 22.8 Å². The van der Waals surface area contributed by atoms with Crippen LogP contribution >= 0.6 is 0 Å². The smallest absolute Gasteiger partial charge is 0.326 e. The third-order valence-electron chi connectivity index (χ3n) is 3.76. The van der Waals surface area contributed by atoms with Crippen molar-refractivity contribution in [2.75, 3.05) is 19.5 Å². The van der Waals surface area contributed by atoms with Gasteiger partial charge < -0.3 is 15.2 Å². The highest BCUT2D eigenvalue weighted by Crippen LogP contribution is 2.22. The normalized spacial score (nSPS) is 11.1. The number of aromatic amines is 1. The quantitative estimate of drug-likeness (QED) is 0.388. The average Bonchev–Trinajstić information content (AvgIpc) is 2.68. The third-order valence-corrected chi connectivity index (χ3v) is 3.76. The predicted molar refractivity (Wildman–Crippen MR) is 103 cm³/mol. The highest BCUT2D eigenvalue weighted by atomic mass is 16.5. The van der Waals surface area contributed by atoms with Crippen LogP contribution in [0.2, 0.25) is 0 Å². The van der Waals surface area contributed by atoms with Gasteiger partial charge in [0.25, 0.3) is 11.5 Å². The summed E-state index contributed by atoms with van der Waals surface area (Å²) < 4.78 is 10.4. The Kier molecular flexibility index (Phi) is 5.36. The molecule has 8 heteroatoms. The average molecular weight is 366 g/mol. The maximum absolute atomic E-state index is 12.0. The molecule has 0 aliphatic carbocycles. The Hall–Kier alpha value is -3.81. The molecule has 138 valence electrons. The first kappa shape index (κ1) is 18.0. The number of guanidine groups is 1. The SMILES string of the molecule is COc1ccc(-c2cc(=O)[nH]c([NH+]=C(N)Nc3ccccc3OC)n2)cc1. The summed E-state index contributed by atoms with van der Waals surface area (Å²) in [5.41, 5.74) is 7.66. The highest BCUT2D eigenvalue weighted by Gasteiger charge is 2.10. The van der Waals surface area contributed by atoms with E-state index in [1.54, 1.807) is 32.4 Å². The van der Waals surface area contributed by atoms with Crippen molar-refractivity contribution in [3.05, 3.63) is 65.0 Å². The van der Waals surface area contributed by atoms with Crippen LogP contribution in [0.1, 0.15) is 0 Å². The van der Waals surface area contributed by atoms with Crippen LogP contribution in [0.15, 0.2) is 59.4 Å². The number of H-pyrrole nitrogens is 1. The summed E-state index contributed by atoms with van der Waals surface area (Å²) in [5, 5.41) is 2.98. The molecule has 0 bridgehead atoms. The van der Waals surface area contributed by atoms with Crippen LogP contribution in [0.3, 0.4) is 0 Å². The molecule has 0 fully saturated rings. The van der Waals surface area contributed by atoms with Crippen LogP contribution in [-0.2, 0) is 0 Å². The third kappa shape index (κ3) is 4.43. The number of hydrogen-bond acceptors (Lipinski definition) is 4. The zero-order chi connectivity index (χ0) is 19.2. The van der Waals surface area contributed by atoms with Crippen LogP contribution in [0, 0.1) is 0 Å². The van der Waals surface area contributed by atoms with Gasteiger partial charge in [0.1, 0.15) is 17.1 Å². The molecule has 0 unspecified atom stereocenters. The van der Waals surface area contributed by atoms with Gasteiger partial charge in [0.15, 0.2) is 5.75 Å². The summed E-state index contributed by atoms with van der Waals surface area (Å²) in [4.78, 5) is 21.9. The lowest BCUT2D eigenvalue weighted by Crippen LogP contribution is -2.73. The predicted octanol–water partition coefficient (Wildman–Crippen LogP) is 0.593. The molecular formula is C19H20N5O3+. The van der Waals surface area contributed by atoms with Crippen LogP contribution < -0.4 is 31.1 Å². The Morgan fingerprint density at radius 2 is 1.85 bits per heavy atom. The highest BCUT2D eigenvalue weighted by molar-refractivity contribution is 5.89. The van der Waals surface area contributed by atoms with Gasteiger partial charge in [0.05, 0.1) is 14.2 Å². The van der Waals surface area contributed by atoms with Crippen LogP contribution in [0.4, 0.5) is 11.6 Å². The van der Waals surface area contributed by atoms with Crippen molar-refractivity contribution in [1.29, 1.82) is 0 Å². The van der Waals surface area contributed by atoms with Gasteiger partial charge in [-0.1, -0.05) is 12.1 Å². The maximum atomic E-state index is 12.0. The molecule has 0 atom stereocenters. The van der Waals surface area contributed by atoms with Crippen LogP contribution in [0.5, 0.6) is 11.5 Å². The number of nitrogens with zero attached hydrogens (tertiary/aromatic N) is 1. The minimum absolute atomic E-state index is 0.189. The lowest BCUT2D eigenvalue weighted by molar-refractivity contribution is -0.365. The topological polar surface area (TPSA) is 116 Å². The van der Waals surface area contributed by atoms with E-state index < -0.39 is 0 Å². The number of anilines is 1. The van der Waals surface area contributed by atoms with E-state index in [0.717, 1.165) is 11.3 Å². The number of para-hydroxylation sites is 2. The molecule has 0 saturated carbocycles. The molecule has 5 N–H and O–H groups in total. The molecule has 0 spiro atoms. The lowest BCUT2D eigenvalue weighted by atomic mass is 10.1. The van der Waals surface area contributed by atoms with Crippen molar-refractivity contribution in [2.45, 2.75) is 0 Å². The Balaban J connectivity index is 1.88. The fraction of sp³-hybridized carbons (Fsp3) is 0.105. The van der Waals surface area contributed by atoms with Gasteiger partial charge in [-0.2, -0.15) is 0 Å². The Labute approximate surface area is 155 Å². The first-order valence-electron chi connectivity index (χ1n) is 8.14. The van der Waals surface area contributed by atoms with E-state index in [2.05, 4.69) is 20.3 Å². The number of nitrogens with one attached hydrogen (secondary N) is 3. The largest absolute Gasteiger partial charge is 0.497 e. The fourth-order valence-corrected chi connectivity index (χ4v) is 2.48. The van der Waals surface area contributed by atoms with Crippen molar-refractivity contribution >= 4 is 17.6 Å². The molecular weight excluding hydrogens is 346 g/mol. The summed E-state index contributed by atoms with van der Waals surface area (Å²) in [6, 6.07) is 16.0. The molecule has 0 saturated heterocycles. The van der Waals surface area contributed by atoms with E-state index in [1.807, 2.05) is 30.3 Å². The molecule has 1 aromatic heterocycles. The number of ether oxygens (including phenoxy) is 2. The number of nitrogens with two attached hydrogens (primary N) is 1. The summed E-state index contributed by atoms with van der Waals surface area (Å²) in [7, 11) is 3.16. The summed E-state index contributed by atoms with van der Waals surface area (Å²) in [6.45, 7) is 0. The van der Waals surface area contributed by atoms with Gasteiger partial charge in [-0.25, -0.2) is 9.98 Å². The minimum Gasteiger partial charge on any atom is -0.497 e. The van der Waals surface area contributed by atoms with Crippen molar-refractivity contribution in [1.82, 2.24) is 9.97 Å². The number of methoxy groups -OCH3 is 2. The van der Waals surface area contributed by atoms with Crippen molar-refractivity contribution < 1.29 is 14.5 Å². The second-order valence-corrected chi connectivity index (χ2v) is 5.57. The van der Waals surface area contributed by atoms with Gasteiger partial charge in [0.2, 0.25) is 0 Å². The van der Waals surface area contributed by atoms with Crippen LogP contribution in [-0.4, -0.2) is 30.1 Å². The second kappa shape index (κ2) is 8.05. The first-order chi connectivity index (χ1) is 13.1. The van der Waals surface area contributed by atoms with Gasteiger partial charge in [-0.3, -0.25) is 10.1 Å². The molecule has 0 amide bonds. The number of aromatic nitrogens is 2. The number of hydrogen-bond donors (Lipinski definition) is 4. The van der Waals surface area contributed by atoms with E-state index in [4.69, 9.17) is 15.2 Å². The molecule has 2 aromatic carbocycles. The Bertz CT molecular complexity index is 1010. The molecule has 0 aliphatic heterocycles. The monoisotopic (exact) mass is 366 g/mol. The second-order valence-electron chi connectivity index (χ2n) is 5.57. The summed E-state index contributed by atoms with van der Waals surface area (Å²) in [5.74, 6) is 1.76. The zero-order valence-electron chi connectivity index (χ0n) is 14.9. The molecule has 1 heterocycles. The van der Waals surface area contributed by atoms with E-state index in [1.165, 1.54) is 6.07 Å². The Morgan fingerprint density at radius 3 is 2.56 bits per heavy atom. The van der Waals surface area contributed by atoms with Crippen LogP contribution in [0.25, 0.3) is 11.3 Å². The molecule has 8 nitrogen and oxygen atoms in total. The Morgan fingerprint density at radius 1 is 1.11 bits per heavy atom. The number of benzene rings is 2. The van der Waals surface area contributed by atoms with Gasteiger partial charge in [-0.15, -0.1) is 4.98 Å². The molecule has 0 radical (unpaired) electrons. The molecule has 27 heavy (non-hydrogen) atoms. The minimum atomic E-state index is -0.302. The molecule has 3 aromatic rings. The number of rotatable bonds is 5. The first-order valence-corrected chi connectivity index (χ1v) is 8.14. The van der Waals surface area contributed by atoms with Crippen molar-refractivity contribution in [3.63, 3.8) is 0 Å². The molecule has 3 rings (SSSR count). The van der Waals surface area contributed by atoms with Gasteiger partial charge in [0, 0.05) is 11.6 Å². The molecule has 0 aliphatic rings. The summed E-state index contributed by atoms with van der Waals surface area (Å²) >= 11 is 0. The van der Waals surface area contributed by atoms with E-state index in [-0.39, 0.29) is 17.5 Å². The lowest BCUT2D eigenvalue weighted by Gasteiger charge is -2.07. The zero-order valence-corrected chi connectivity index (χ0v) is 14.9. The summed E-state index contributed by atoms with van der Waals surface area (Å²) in [6.07, 6.45) is 0. The maximum Gasteiger partial charge on any atom is 0.326 e. The van der Waals surface area contributed by atoms with Gasteiger partial charge in [-0.05, 0) is 36.4 Å². The van der Waals surface area contributed by atoms with E-state index in [9.17, 15) is 4.79 Å². The van der Waals surface area contributed by atoms with Crippen molar-refractivity contribution in [2.24, 2.45) is 5.73 Å². The van der Waals surface area contributed by atoms with E-state index in [0.29, 0.717) is 17.1 Å². The fourth-order valence-electron chi connectivity index (χ4n) is 2.48. The van der Waals surface area contributed by atoms with Gasteiger partial charge >= 0.3 is 5.95 Å². The standard InChI is InChI=1S/C19H19N5O3/c1-26-13-9-7-12(8-10-13)15-11-17(25)23-19(22-15)24-18(20)21-14-5-3-4-6-16(14)27-2/h3-11H,1-2H3,(H4,20,21,22,23,24,25)/p+1.